The zero-order valence-corrected chi connectivity index (χ0v) is 15.7. The lowest BCUT2D eigenvalue weighted by atomic mass is 9.96. The van der Waals surface area contributed by atoms with E-state index in [9.17, 15) is 4.79 Å². The molecule has 0 saturated carbocycles. The average Bonchev–Trinajstić information content (AvgIpc) is 3.03. The van der Waals surface area contributed by atoms with Gasteiger partial charge in [0.15, 0.2) is 16.3 Å². The van der Waals surface area contributed by atoms with E-state index < -0.39 is 5.41 Å². The standard InChI is InChI=1S/C19H20N4O2S/c1-19(2,3)17(24)23-18(26)21-11-12-6-8-13(9-7-12)16-22-15-14(25-16)5-4-10-20-15/h4-10H,11H2,1-3H3,(H2,21,23,24,26). The first kappa shape index (κ1) is 18.0. The molecule has 0 spiro atoms. The van der Waals surface area contributed by atoms with Gasteiger partial charge in [0, 0.05) is 23.7 Å². The van der Waals surface area contributed by atoms with Crippen molar-refractivity contribution in [2.75, 3.05) is 0 Å². The number of hydrogen-bond acceptors (Lipinski definition) is 5. The van der Waals surface area contributed by atoms with Crippen LogP contribution < -0.4 is 10.6 Å². The Bertz CT molecular complexity index is 909. The average molecular weight is 368 g/mol. The van der Waals surface area contributed by atoms with E-state index in [0.717, 1.165) is 11.1 Å². The Morgan fingerprint density at radius 3 is 2.58 bits per heavy atom. The molecule has 6 nitrogen and oxygen atoms in total. The second-order valence-corrected chi connectivity index (χ2v) is 7.34. The third kappa shape index (κ3) is 4.23. The molecule has 0 unspecified atom stereocenters. The summed E-state index contributed by atoms with van der Waals surface area (Å²) in [7, 11) is 0. The smallest absolute Gasteiger partial charge is 0.231 e. The number of aromatic nitrogens is 2. The SMILES string of the molecule is CC(C)(C)C(=O)NC(=S)NCc1ccc(-c2nc3ncccc3o2)cc1. The van der Waals surface area contributed by atoms with Gasteiger partial charge in [-0.2, -0.15) is 4.98 Å². The first-order valence-corrected chi connectivity index (χ1v) is 8.64. The highest BCUT2D eigenvalue weighted by Crippen LogP contribution is 2.23. The van der Waals surface area contributed by atoms with Gasteiger partial charge in [-0.1, -0.05) is 32.9 Å². The molecule has 0 aliphatic carbocycles. The number of fused-ring (bicyclic) bond motifs is 1. The van der Waals surface area contributed by atoms with Gasteiger partial charge in [-0.05, 0) is 42.0 Å². The molecule has 0 fully saturated rings. The minimum Gasteiger partial charge on any atom is -0.434 e. The second-order valence-electron chi connectivity index (χ2n) is 6.93. The largest absolute Gasteiger partial charge is 0.434 e. The van der Waals surface area contributed by atoms with Crippen LogP contribution in [0, 0.1) is 5.41 Å². The zero-order valence-electron chi connectivity index (χ0n) is 14.9. The maximum atomic E-state index is 11.9. The van der Waals surface area contributed by atoms with Crippen LogP contribution in [0.1, 0.15) is 26.3 Å². The number of pyridine rings is 1. The van der Waals surface area contributed by atoms with E-state index in [2.05, 4.69) is 20.6 Å². The van der Waals surface area contributed by atoms with Crippen molar-refractivity contribution >= 4 is 34.5 Å². The molecule has 0 saturated heterocycles. The summed E-state index contributed by atoms with van der Waals surface area (Å²) in [4.78, 5) is 20.5. The summed E-state index contributed by atoms with van der Waals surface area (Å²) in [6, 6.07) is 11.4. The van der Waals surface area contributed by atoms with E-state index in [0.29, 0.717) is 28.8 Å². The number of nitrogens with one attached hydrogen (secondary N) is 2. The van der Waals surface area contributed by atoms with Gasteiger partial charge < -0.3 is 15.1 Å². The predicted molar refractivity (Wildman–Crippen MR) is 104 cm³/mol. The van der Waals surface area contributed by atoms with Crippen LogP contribution in [0.25, 0.3) is 22.7 Å². The van der Waals surface area contributed by atoms with Crippen LogP contribution in [0.3, 0.4) is 0 Å². The van der Waals surface area contributed by atoms with E-state index in [1.54, 1.807) is 6.20 Å². The molecule has 0 aliphatic rings. The fraction of sp³-hybridized carbons (Fsp3) is 0.263. The Labute approximate surface area is 157 Å². The highest BCUT2D eigenvalue weighted by atomic mass is 32.1. The zero-order chi connectivity index (χ0) is 18.7. The molecular weight excluding hydrogens is 348 g/mol. The number of oxazole rings is 1. The number of hydrogen-bond donors (Lipinski definition) is 2. The van der Waals surface area contributed by atoms with Crippen molar-refractivity contribution < 1.29 is 9.21 Å². The molecule has 0 atom stereocenters. The Kier molecular flexibility index (Phi) is 4.99. The molecule has 1 aromatic carbocycles. The molecule has 1 amide bonds. The minimum absolute atomic E-state index is 0.116. The molecule has 26 heavy (non-hydrogen) atoms. The van der Waals surface area contributed by atoms with Gasteiger partial charge in [-0.3, -0.25) is 4.79 Å². The molecule has 3 rings (SSSR count). The van der Waals surface area contributed by atoms with Gasteiger partial charge in [0.2, 0.25) is 11.8 Å². The molecular formula is C19H20N4O2S. The maximum absolute atomic E-state index is 11.9. The third-order valence-corrected chi connectivity index (χ3v) is 3.97. The fourth-order valence-corrected chi connectivity index (χ4v) is 2.34. The third-order valence-electron chi connectivity index (χ3n) is 3.73. The van der Waals surface area contributed by atoms with Crippen molar-refractivity contribution in [3.05, 3.63) is 48.2 Å². The lowest BCUT2D eigenvalue weighted by Gasteiger charge is -2.18. The lowest BCUT2D eigenvalue weighted by molar-refractivity contribution is -0.126. The molecule has 0 radical (unpaired) electrons. The highest BCUT2D eigenvalue weighted by molar-refractivity contribution is 7.80. The van der Waals surface area contributed by atoms with Crippen LogP contribution in [0.5, 0.6) is 0 Å². The van der Waals surface area contributed by atoms with E-state index in [4.69, 9.17) is 16.6 Å². The fourth-order valence-electron chi connectivity index (χ4n) is 2.17. The monoisotopic (exact) mass is 368 g/mol. The van der Waals surface area contributed by atoms with E-state index in [1.165, 1.54) is 0 Å². The summed E-state index contributed by atoms with van der Waals surface area (Å²) in [5.74, 6) is 0.418. The topological polar surface area (TPSA) is 80.0 Å². The Hall–Kier alpha value is -2.80. The predicted octanol–water partition coefficient (Wildman–Crippen LogP) is 3.43. The molecule has 134 valence electrons. The summed E-state index contributed by atoms with van der Waals surface area (Å²) in [5, 5.41) is 6.04. The number of benzene rings is 1. The first-order chi connectivity index (χ1) is 12.3. The number of thiocarbonyl (C=S) groups is 1. The van der Waals surface area contributed by atoms with Gasteiger partial charge in [-0.25, -0.2) is 4.98 Å². The second kappa shape index (κ2) is 7.21. The van der Waals surface area contributed by atoms with Crippen LogP contribution in [-0.2, 0) is 11.3 Å². The van der Waals surface area contributed by atoms with Gasteiger partial charge in [-0.15, -0.1) is 0 Å². The van der Waals surface area contributed by atoms with Gasteiger partial charge in [0.1, 0.15) is 0 Å². The number of nitrogens with zero attached hydrogens (tertiary/aromatic N) is 2. The Morgan fingerprint density at radius 2 is 1.92 bits per heavy atom. The molecule has 0 bridgehead atoms. The van der Waals surface area contributed by atoms with Gasteiger partial charge >= 0.3 is 0 Å². The quantitative estimate of drug-likeness (QED) is 0.690. The normalized spacial score (nSPS) is 11.3. The Morgan fingerprint density at radius 1 is 1.19 bits per heavy atom. The Balaban J connectivity index is 1.61. The van der Waals surface area contributed by atoms with E-state index in [-0.39, 0.29) is 5.91 Å². The number of rotatable bonds is 3. The number of carbonyl (C=O) groups is 1. The van der Waals surface area contributed by atoms with Crippen molar-refractivity contribution in [2.24, 2.45) is 5.41 Å². The first-order valence-electron chi connectivity index (χ1n) is 8.23. The van der Waals surface area contributed by atoms with Crippen molar-refractivity contribution in [1.82, 2.24) is 20.6 Å². The van der Waals surface area contributed by atoms with Gasteiger partial charge in [0.05, 0.1) is 0 Å². The van der Waals surface area contributed by atoms with Crippen molar-refractivity contribution in [3.63, 3.8) is 0 Å². The minimum atomic E-state index is -0.484. The van der Waals surface area contributed by atoms with Crippen molar-refractivity contribution in [2.45, 2.75) is 27.3 Å². The van der Waals surface area contributed by atoms with Crippen LogP contribution in [0.4, 0.5) is 0 Å². The summed E-state index contributed by atoms with van der Waals surface area (Å²) < 4.78 is 5.71. The molecule has 2 aromatic heterocycles. The lowest BCUT2D eigenvalue weighted by Crippen LogP contribution is -2.44. The summed E-state index contributed by atoms with van der Waals surface area (Å²) >= 11 is 5.16. The molecule has 0 aliphatic heterocycles. The number of carbonyl (C=O) groups excluding carboxylic acids is 1. The van der Waals surface area contributed by atoms with E-state index >= 15 is 0 Å². The molecule has 7 heteroatoms. The molecule has 3 aromatic rings. The van der Waals surface area contributed by atoms with Gasteiger partial charge in [0.25, 0.3) is 0 Å². The van der Waals surface area contributed by atoms with E-state index in [1.807, 2.05) is 57.2 Å². The number of amides is 1. The summed E-state index contributed by atoms with van der Waals surface area (Å²) in [5.41, 5.74) is 2.66. The highest BCUT2D eigenvalue weighted by Gasteiger charge is 2.21. The summed E-state index contributed by atoms with van der Waals surface area (Å²) in [6.07, 6.45) is 1.69. The van der Waals surface area contributed by atoms with Crippen LogP contribution >= 0.6 is 12.2 Å². The van der Waals surface area contributed by atoms with Crippen molar-refractivity contribution in [3.8, 4) is 11.5 Å². The van der Waals surface area contributed by atoms with Crippen LogP contribution in [0.15, 0.2) is 47.0 Å². The summed E-state index contributed by atoms with van der Waals surface area (Å²) in [6.45, 7) is 6.03. The van der Waals surface area contributed by atoms with Crippen molar-refractivity contribution in [1.29, 1.82) is 0 Å². The molecule has 2 heterocycles. The maximum Gasteiger partial charge on any atom is 0.231 e. The van der Waals surface area contributed by atoms with Crippen LogP contribution in [-0.4, -0.2) is 21.0 Å². The molecule has 2 N–H and O–H groups in total. The van der Waals surface area contributed by atoms with Crippen LogP contribution in [0.2, 0.25) is 0 Å².